The molecular weight excluding hydrogens is 268 g/mol. The molecule has 1 N–H and O–H groups in total. The van der Waals surface area contributed by atoms with Crippen LogP contribution in [0.4, 0.5) is 5.69 Å². The largest absolute Gasteiger partial charge is 0.494 e. The van der Waals surface area contributed by atoms with E-state index in [1.165, 1.54) is 0 Å². The van der Waals surface area contributed by atoms with Gasteiger partial charge >= 0.3 is 0 Å². The van der Waals surface area contributed by atoms with Gasteiger partial charge in [-0.25, -0.2) is 0 Å². The Bertz CT molecular complexity index is 600. The van der Waals surface area contributed by atoms with E-state index in [2.05, 4.69) is 10.3 Å². The van der Waals surface area contributed by atoms with Crippen LogP contribution in [0.15, 0.2) is 42.7 Å². The summed E-state index contributed by atoms with van der Waals surface area (Å²) in [6, 6.07) is 8.67. The van der Waals surface area contributed by atoms with E-state index in [-0.39, 0.29) is 5.91 Å². The van der Waals surface area contributed by atoms with Gasteiger partial charge in [0.05, 0.1) is 18.9 Å². The van der Waals surface area contributed by atoms with Crippen molar-refractivity contribution in [1.29, 1.82) is 0 Å². The number of pyridine rings is 1. The highest BCUT2D eigenvalue weighted by molar-refractivity contribution is 6.05. The van der Waals surface area contributed by atoms with Crippen molar-refractivity contribution in [3.05, 3.63) is 48.3 Å². The summed E-state index contributed by atoms with van der Waals surface area (Å²) in [4.78, 5) is 16.1. The lowest BCUT2D eigenvalue weighted by atomic mass is 10.2. The Balaban J connectivity index is 2.23. The summed E-state index contributed by atoms with van der Waals surface area (Å²) in [5.74, 6) is 1.08. The molecule has 0 aliphatic heterocycles. The molecule has 0 atom stereocenters. The molecule has 0 radical (unpaired) electrons. The Kier molecular flexibility index (Phi) is 5.15. The second kappa shape index (κ2) is 7.28. The highest BCUT2D eigenvalue weighted by atomic mass is 16.5. The number of amides is 1. The molecule has 0 bridgehead atoms. The van der Waals surface area contributed by atoms with Crippen molar-refractivity contribution in [2.45, 2.75) is 13.8 Å². The fourth-order valence-corrected chi connectivity index (χ4v) is 1.84. The van der Waals surface area contributed by atoms with Crippen molar-refractivity contribution in [2.75, 3.05) is 18.5 Å². The fourth-order valence-electron chi connectivity index (χ4n) is 1.84. The summed E-state index contributed by atoms with van der Waals surface area (Å²) < 4.78 is 11.0. The van der Waals surface area contributed by atoms with Gasteiger partial charge in [0.2, 0.25) is 0 Å². The molecule has 0 aliphatic carbocycles. The van der Waals surface area contributed by atoms with Crippen molar-refractivity contribution < 1.29 is 14.3 Å². The Morgan fingerprint density at radius 3 is 2.48 bits per heavy atom. The van der Waals surface area contributed by atoms with E-state index in [0.717, 1.165) is 0 Å². The molecule has 110 valence electrons. The maximum absolute atomic E-state index is 12.2. The number of hydrogen-bond acceptors (Lipinski definition) is 4. The van der Waals surface area contributed by atoms with Gasteiger partial charge in [0.1, 0.15) is 11.5 Å². The molecule has 5 heteroatoms. The third kappa shape index (κ3) is 3.95. The smallest absolute Gasteiger partial charge is 0.255 e. The van der Waals surface area contributed by atoms with Gasteiger partial charge in [0, 0.05) is 24.0 Å². The summed E-state index contributed by atoms with van der Waals surface area (Å²) in [6.07, 6.45) is 3.16. The first-order valence-corrected chi connectivity index (χ1v) is 6.85. The van der Waals surface area contributed by atoms with Gasteiger partial charge in [-0.2, -0.15) is 0 Å². The Hall–Kier alpha value is -2.56. The number of nitrogens with one attached hydrogen (secondary N) is 1. The monoisotopic (exact) mass is 286 g/mol. The van der Waals surface area contributed by atoms with Crippen LogP contribution < -0.4 is 14.8 Å². The van der Waals surface area contributed by atoms with Crippen molar-refractivity contribution in [1.82, 2.24) is 4.98 Å². The van der Waals surface area contributed by atoms with Crippen molar-refractivity contribution >= 4 is 11.6 Å². The van der Waals surface area contributed by atoms with E-state index in [4.69, 9.17) is 9.47 Å². The molecule has 2 aromatic rings. The normalized spacial score (nSPS) is 10.0. The second-order valence-corrected chi connectivity index (χ2v) is 4.21. The number of ether oxygens (including phenoxy) is 2. The minimum atomic E-state index is -0.216. The third-order valence-electron chi connectivity index (χ3n) is 2.75. The number of carbonyl (C=O) groups is 1. The van der Waals surface area contributed by atoms with Crippen LogP contribution in [0.25, 0.3) is 0 Å². The van der Waals surface area contributed by atoms with Crippen LogP contribution in [0.3, 0.4) is 0 Å². The SMILES string of the molecule is CCOc1ccc(OCC)c(NC(=O)c2ccncc2)c1. The number of rotatable bonds is 6. The molecule has 1 heterocycles. The molecule has 1 aromatic carbocycles. The second-order valence-electron chi connectivity index (χ2n) is 4.21. The Morgan fingerprint density at radius 1 is 1.10 bits per heavy atom. The molecule has 2 rings (SSSR count). The number of nitrogens with zero attached hydrogens (tertiary/aromatic N) is 1. The predicted octanol–water partition coefficient (Wildman–Crippen LogP) is 3.13. The zero-order valence-electron chi connectivity index (χ0n) is 12.1. The van der Waals surface area contributed by atoms with Crippen molar-refractivity contribution in [3.8, 4) is 11.5 Å². The van der Waals surface area contributed by atoms with E-state index in [9.17, 15) is 4.79 Å². The van der Waals surface area contributed by atoms with Crippen LogP contribution in [0.1, 0.15) is 24.2 Å². The topological polar surface area (TPSA) is 60.5 Å². The van der Waals surface area contributed by atoms with Crippen molar-refractivity contribution in [2.24, 2.45) is 0 Å². The summed E-state index contributed by atoms with van der Waals surface area (Å²) in [6.45, 7) is 4.88. The van der Waals surface area contributed by atoms with Crippen LogP contribution in [0.5, 0.6) is 11.5 Å². The molecule has 1 aromatic heterocycles. The average Bonchev–Trinajstić information content (AvgIpc) is 2.51. The number of benzene rings is 1. The number of anilines is 1. The number of carbonyl (C=O) groups excluding carboxylic acids is 1. The van der Waals surface area contributed by atoms with Gasteiger partial charge in [0.15, 0.2) is 0 Å². The molecule has 0 spiro atoms. The highest BCUT2D eigenvalue weighted by Crippen LogP contribution is 2.29. The summed E-state index contributed by atoms with van der Waals surface area (Å²) in [5, 5.41) is 2.84. The lowest BCUT2D eigenvalue weighted by Gasteiger charge is -2.13. The molecule has 1 amide bonds. The zero-order valence-corrected chi connectivity index (χ0v) is 12.1. The minimum Gasteiger partial charge on any atom is -0.494 e. The van der Waals surface area contributed by atoms with E-state index in [0.29, 0.717) is 36.0 Å². The molecule has 21 heavy (non-hydrogen) atoms. The maximum Gasteiger partial charge on any atom is 0.255 e. The lowest BCUT2D eigenvalue weighted by Crippen LogP contribution is -2.13. The summed E-state index contributed by atoms with van der Waals surface area (Å²) in [5.41, 5.74) is 1.12. The lowest BCUT2D eigenvalue weighted by molar-refractivity contribution is 0.102. The van der Waals surface area contributed by atoms with Gasteiger partial charge < -0.3 is 14.8 Å². The summed E-state index contributed by atoms with van der Waals surface area (Å²) in [7, 11) is 0. The van der Waals surface area contributed by atoms with E-state index in [1.807, 2.05) is 19.9 Å². The molecule has 0 unspecified atom stereocenters. The third-order valence-corrected chi connectivity index (χ3v) is 2.75. The van der Waals surface area contributed by atoms with Gasteiger partial charge in [-0.3, -0.25) is 9.78 Å². The van der Waals surface area contributed by atoms with E-state index in [1.54, 1.807) is 36.7 Å². The standard InChI is InChI=1S/C16H18N2O3/c1-3-20-13-5-6-15(21-4-2)14(11-13)18-16(19)12-7-9-17-10-8-12/h5-11H,3-4H2,1-2H3,(H,18,19). The van der Waals surface area contributed by atoms with Crippen LogP contribution in [-0.4, -0.2) is 24.1 Å². The maximum atomic E-state index is 12.2. The van der Waals surface area contributed by atoms with Crippen LogP contribution >= 0.6 is 0 Å². The van der Waals surface area contributed by atoms with E-state index >= 15 is 0 Å². The molecule has 0 saturated heterocycles. The fraction of sp³-hybridized carbons (Fsp3) is 0.250. The van der Waals surface area contributed by atoms with Crippen LogP contribution in [0.2, 0.25) is 0 Å². The molecule has 5 nitrogen and oxygen atoms in total. The first-order chi connectivity index (χ1) is 10.2. The molecule has 0 aliphatic rings. The van der Waals surface area contributed by atoms with Gasteiger partial charge in [-0.05, 0) is 38.1 Å². The Labute approximate surface area is 123 Å². The predicted molar refractivity (Wildman–Crippen MR) is 81.0 cm³/mol. The van der Waals surface area contributed by atoms with Gasteiger partial charge in [-0.15, -0.1) is 0 Å². The first kappa shape index (κ1) is 14.8. The Morgan fingerprint density at radius 2 is 1.81 bits per heavy atom. The van der Waals surface area contributed by atoms with Gasteiger partial charge in [-0.1, -0.05) is 0 Å². The highest BCUT2D eigenvalue weighted by Gasteiger charge is 2.11. The molecule has 0 fully saturated rings. The summed E-state index contributed by atoms with van der Waals surface area (Å²) >= 11 is 0. The average molecular weight is 286 g/mol. The van der Waals surface area contributed by atoms with Crippen LogP contribution in [0, 0.1) is 0 Å². The van der Waals surface area contributed by atoms with Crippen LogP contribution in [-0.2, 0) is 0 Å². The first-order valence-electron chi connectivity index (χ1n) is 6.85. The number of aromatic nitrogens is 1. The van der Waals surface area contributed by atoms with Crippen molar-refractivity contribution in [3.63, 3.8) is 0 Å². The molecule has 0 saturated carbocycles. The minimum absolute atomic E-state index is 0.216. The quantitative estimate of drug-likeness (QED) is 0.886. The van der Waals surface area contributed by atoms with Gasteiger partial charge in [0.25, 0.3) is 5.91 Å². The zero-order chi connectivity index (χ0) is 15.1. The van der Waals surface area contributed by atoms with E-state index < -0.39 is 0 Å². The molecular formula is C16H18N2O3. The number of hydrogen-bond donors (Lipinski definition) is 1.